The SMILES string of the molecule is CC[C@@H]1C[C@H](C(=O)NC(C)(C)c2ncc3c(C)cccn23)CCN1. The molecule has 5 heteroatoms. The van der Waals surface area contributed by atoms with Crippen LogP contribution in [-0.4, -0.2) is 27.9 Å². The summed E-state index contributed by atoms with van der Waals surface area (Å²) < 4.78 is 2.08. The van der Waals surface area contributed by atoms with Gasteiger partial charge in [0.1, 0.15) is 5.82 Å². The second-order valence-electron chi connectivity index (χ2n) is 7.42. The molecule has 0 aliphatic carbocycles. The number of carbonyl (C=O) groups is 1. The van der Waals surface area contributed by atoms with Gasteiger partial charge in [0, 0.05) is 18.2 Å². The van der Waals surface area contributed by atoms with Gasteiger partial charge >= 0.3 is 0 Å². The number of amides is 1. The van der Waals surface area contributed by atoms with Crippen LogP contribution in [0.15, 0.2) is 24.5 Å². The first kappa shape index (κ1) is 17.0. The predicted octanol–water partition coefficient (Wildman–Crippen LogP) is 2.77. The van der Waals surface area contributed by atoms with E-state index in [1.54, 1.807) is 0 Å². The lowest BCUT2D eigenvalue weighted by atomic mass is 9.89. The molecule has 1 fully saturated rings. The molecule has 1 saturated heterocycles. The molecule has 5 nitrogen and oxygen atoms in total. The summed E-state index contributed by atoms with van der Waals surface area (Å²) in [5, 5.41) is 6.71. The second-order valence-corrected chi connectivity index (χ2v) is 7.42. The average Bonchev–Trinajstić information content (AvgIpc) is 3.01. The average molecular weight is 328 g/mol. The molecule has 0 saturated carbocycles. The molecule has 0 radical (unpaired) electrons. The predicted molar refractivity (Wildman–Crippen MR) is 95.9 cm³/mol. The largest absolute Gasteiger partial charge is 0.344 e. The first-order valence-corrected chi connectivity index (χ1v) is 8.91. The Balaban J connectivity index is 1.80. The van der Waals surface area contributed by atoms with Gasteiger partial charge in [0.15, 0.2) is 0 Å². The van der Waals surface area contributed by atoms with Crippen LogP contribution in [0.2, 0.25) is 0 Å². The van der Waals surface area contributed by atoms with Crippen LogP contribution in [0.4, 0.5) is 0 Å². The molecule has 1 amide bonds. The Morgan fingerprint density at radius 2 is 2.29 bits per heavy atom. The van der Waals surface area contributed by atoms with E-state index in [9.17, 15) is 4.79 Å². The molecule has 2 aromatic heterocycles. The number of nitrogens with zero attached hydrogens (tertiary/aromatic N) is 2. The van der Waals surface area contributed by atoms with Crippen LogP contribution < -0.4 is 10.6 Å². The van der Waals surface area contributed by atoms with Gasteiger partial charge in [-0.15, -0.1) is 0 Å². The first-order chi connectivity index (χ1) is 11.4. The molecule has 3 heterocycles. The molecule has 1 aliphatic rings. The van der Waals surface area contributed by atoms with Gasteiger partial charge in [-0.05, 0) is 58.2 Å². The minimum atomic E-state index is -0.510. The Kier molecular flexibility index (Phi) is 4.63. The summed E-state index contributed by atoms with van der Waals surface area (Å²) in [6.07, 6.45) is 6.78. The van der Waals surface area contributed by atoms with Crippen molar-refractivity contribution in [2.45, 2.75) is 58.5 Å². The number of carbonyl (C=O) groups excluding carboxylic acids is 1. The standard InChI is InChI=1S/C19H28N4O/c1-5-15-11-14(8-9-20-15)17(24)22-19(3,4)18-21-12-16-13(2)7-6-10-23(16)18/h6-7,10,12,14-15,20H,5,8-9,11H2,1-4H3,(H,22,24)/t14-,15-/m1/s1. The number of fused-ring (bicyclic) bond motifs is 1. The highest BCUT2D eigenvalue weighted by molar-refractivity contribution is 5.79. The Morgan fingerprint density at radius 1 is 1.50 bits per heavy atom. The van der Waals surface area contributed by atoms with Crippen molar-refractivity contribution in [3.05, 3.63) is 35.9 Å². The third-order valence-corrected chi connectivity index (χ3v) is 5.14. The summed E-state index contributed by atoms with van der Waals surface area (Å²) in [4.78, 5) is 17.4. The highest BCUT2D eigenvalue weighted by Crippen LogP contribution is 2.24. The third-order valence-electron chi connectivity index (χ3n) is 5.14. The number of pyridine rings is 1. The van der Waals surface area contributed by atoms with E-state index >= 15 is 0 Å². The van der Waals surface area contributed by atoms with Crippen molar-refractivity contribution in [2.24, 2.45) is 5.92 Å². The highest BCUT2D eigenvalue weighted by Gasteiger charge is 2.32. The van der Waals surface area contributed by atoms with E-state index in [0.29, 0.717) is 6.04 Å². The smallest absolute Gasteiger partial charge is 0.224 e. The van der Waals surface area contributed by atoms with Gasteiger partial charge in [0.05, 0.1) is 17.3 Å². The molecule has 2 atom stereocenters. The van der Waals surface area contributed by atoms with Crippen molar-refractivity contribution in [3.8, 4) is 0 Å². The molecule has 0 spiro atoms. The number of aryl methyl sites for hydroxylation is 1. The van der Waals surface area contributed by atoms with Gasteiger partial charge in [-0.2, -0.15) is 0 Å². The van der Waals surface area contributed by atoms with Gasteiger partial charge in [0.2, 0.25) is 5.91 Å². The summed E-state index contributed by atoms with van der Waals surface area (Å²) in [5.41, 5.74) is 1.76. The van der Waals surface area contributed by atoms with Crippen molar-refractivity contribution in [1.82, 2.24) is 20.0 Å². The molecule has 24 heavy (non-hydrogen) atoms. The normalized spacial score (nSPS) is 21.8. The fourth-order valence-electron chi connectivity index (χ4n) is 3.65. The maximum atomic E-state index is 12.8. The van der Waals surface area contributed by atoms with E-state index < -0.39 is 5.54 Å². The molecule has 3 rings (SSSR count). The number of imidazole rings is 1. The topological polar surface area (TPSA) is 58.4 Å². The lowest BCUT2D eigenvalue weighted by Crippen LogP contribution is -2.49. The van der Waals surface area contributed by atoms with Crippen LogP contribution in [0, 0.1) is 12.8 Å². The fourth-order valence-corrected chi connectivity index (χ4v) is 3.65. The number of aromatic nitrogens is 2. The second kappa shape index (κ2) is 6.55. The van der Waals surface area contributed by atoms with Crippen LogP contribution >= 0.6 is 0 Å². The van der Waals surface area contributed by atoms with Gasteiger partial charge in [-0.3, -0.25) is 4.79 Å². The van der Waals surface area contributed by atoms with Gasteiger partial charge < -0.3 is 15.0 Å². The van der Waals surface area contributed by atoms with Gasteiger partial charge in [-0.25, -0.2) is 4.98 Å². The molecule has 130 valence electrons. The molecule has 2 aromatic rings. The van der Waals surface area contributed by atoms with Crippen LogP contribution in [0.1, 0.15) is 51.4 Å². The maximum absolute atomic E-state index is 12.8. The van der Waals surface area contributed by atoms with Crippen molar-refractivity contribution in [2.75, 3.05) is 6.54 Å². The van der Waals surface area contributed by atoms with E-state index in [0.717, 1.165) is 37.1 Å². The minimum Gasteiger partial charge on any atom is -0.344 e. The summed E-state index contributed by atoms with van der Waals surface area (Å²) >= 11 is 0. The van der Waals surface area contributed by atoms with E-state index in [2.05, 4.69) is 39.9 Å². The van der Waals surface area contributed by atoms with E-state index in [-0.39, 0.29) is 11.8 Å². The molecular formula is C19H28N4O. The minimum absolute atomic E-state index is 0.0865. The Bertz CT molecular complexity index is 734. The molecular weight excluding hydrogens is 300 g/mol. The lowest BCUT2D eigenvalue weighted by Gasteiger charge is -2.32. The molecule has 1 aliphatic heterocycles. The van der Waals surface area contributed by atoms with Crippen molar-refractivity contribution >= 4 is 11.4 Å². The highest BCUT2D eigenvalue weighted by atomic mass is 16.2. The monoisotopic (exact) mass is 328 g/mol. The van der Waals surface area contributed by atoms with Gasteiger partial charge in [-0.1, -0.05) is 13.0 Å². The summed E-state index contributed by atoms with van der Waals surface area (Å²) in [6, 6.07) is 4.55. The van der Waals surface area contributed by atoms with Crippen LogP contribution in [0.25, 0.3) is 5.52 Å². The van der Waals surface area contributed by atoms with E-state index in [4.69, 9.17) is 0 Å². The quantitative estimate of drug-likeness (QED) is 0.907. The lowest BCUT2D eigenvalue weighted by molar-refractivity contribution is -0.128. The Hall–Kier alpha value is -1.88. The Morgan fingerprint density at radius 3 is 3.04 bits per heavy atom. The zero-order valence-electron chi connectivity index (χ0n) is 15.1. The Labute approximate surface area is 143 Å². The molecule has 2 N–H and O–H groups in total. The number of hydrogen-bond acceptors (Lipinski definition) is 3. The van der Waals surface area contributed by atoms with Crippen molar-refractivity contribution in [1.29, 1.82) is 0 Å². The van der Waals surface area contributed by atoms with Crippen molar-refractivity contribution in [3.63, 3.8) is 0 Å². The zero-order valence-corrected chi connectivity index (χ0v) is 15.1. The van der Waals surface area contributed by atoms with Crippen LogP contribution in [-0.2, 0) is 10.3 Å². The summed E-state index contributed by atoms with van der Waals surface area (Å²) in [6.45, 7) is 9.22. The van der Waals surface area contributed by atoms with Gasteiger partial charge in [0.25, 0.3) is 0 Å². The molecule has 0 aromatic carbocycles. The fraction of sp³-hybridized carbons (Fsp3) is 0.579. The molecule has 0 bridgehead atoms. The third kappa shape index (κ3) is 3.18. The first-order valence-electron chi connectivity index (χ1n) is 8.91. The summed E-state index contributed by atoms with van der Waals surface area (Å²) in [5.74, 6) is 1.10. The van der Waals surface area contributed by atoms with Crippen molar-refractivity contribution < 1.29 is 4.79 Å². The number of hydrogen-bond donors (Lipinski definition) is 2. The number of nitrogens with one attached hydrogen (secondary N) is 2. The van der Waals surface area contributed by atoms with E-state index in [1.165, 1.54) is 5.56 Å². The van der Waals surface area contributed by atoms with Crippen LogP contribution in [0.5, 0.6) is 0 Å². The molecule has 0 unspecified atom stereocenters. The van der Waals surface area contributed by atoms with Crippen LogP contribution in [0.3, 0.4) is 0 Å². The maximum Gasteiger partial charge on any atom is 0.224 e. The number of piperidine rings is 1. The number of rotatable bonds is 4. The van der Waals surface area contributed by atoms with E-state index in [1.807, 2.05) is 32.3 Å². The zero-order chi connectivity index (χ0) is 17.3. The summed E-state index contributed by atoms with van der Waals surface area (Å²) in [7, 11) is 0.